The summed E-state index contributed by atoms with van der Waals surface area (Å²) >= 11 is 0. The van der Waals surface area contributed by atoms with Gasteiger partial charge in [-0.2, -0.15) is 18.4 Å². The van der Waals surface area contributed by atoms with Gasteiger partial charge in [0.1, 0.15) is 11.4 Å². The molecule has 0 heterocycles. The number of hydrazone groups is 1. The van der Waals surface area contributed by atoms with Crippen LogP contribution in [0.25, 0.3) is 0 Å². The second-order valence-electron chi connectivity index (χ2n) is 4.92. The smallest absolute Gasteiger partial charge is 0.276 e. The highest BCUT2D eigenvalue weighted by atomic mass is 32.2. The zero-order valence-electron chi connectivity index (χ0n) is 12.8. The van der Waals surface area contributed by atoms with Crippen LogP contribution >= 0.6 is 0 Å². The van der Waals surface area contributed by atoms with Crippen LogP contribution in [0.15, 0.2) is 69.7 Å². The number of rotatable bonds is 5. The monoisotopic (exact) mass is 331 g/mol. The predicted octanol–water partition coefficient (Wildman–Crippen LogP) is 2.53. The van der Waals surface area contributed by atoms with E-state index in [9.17, 15) is 8.42 Å². The number of hydrogen-bond donors (Lipinski definition) is 2. The predicted molar refractivity (Wildman–Crippen MR) is 89.4 cm³/mol. The van der Waals surface area contributed by atoms with Crippen LogP contribution in [-0.4, -0.2) is 25.0 Å². The van der Waals surface area contributed by atoms with E-state index in [1.54, 1.807) is 36.4 Å². The van der Waals surface area contributed by atoms with Crippen molar-refractivity contribution >= 4 is 21.4 Å². The Labute approximate surface area is 135 Å². The SMILES string of the molecule is CC(=N\O)/C(=N/NS(=O)(=O)c1ccc(C)cc1)c1ccccc1. The number of nitrogens with zero attached hydrogens (tertiary/aromatic N) is 2. The highest BCUT2D eigenvalue weighted by molar-refractivity contribution is 7.89. The first-order valence-corrected chi connectivity index (χ1v) is 8.33. The molecule has 0 radical (unpaired) electrons. The van der Waals surface area contributed by atoms with E-state index in [0.717, 1.165) is 5.56 Å². The van der Waals surface area contributed by atoms with E-state index in [1.165, 1.54) is 19.1 Å². The summed E-state index contributed by atoms with van der Waals surface area (Å²) in [6.07, 6.45) is 0. The third-order valence-corrected chi connectivity index (χ3v) is 4.37. The van der Waals surface area contributed by atoms with Gasteiger partial charge in [0.05, 0.1) is 4.90 Å². The minimum atomic E-state index is -3.80. The maximum absolute atomic E-state index is 12.3. The molecule has 0 saturated carbocycles. The van der Waals surface area contributed by atoms with Gasteiger partial charge in [0.15, 0.2) is 0 Å². The lowest BCUT2D eigenvalue weighted by molar-refractivity contribution is 0.320. The normalized spacial score (nSPS) is 13.0. The second-order valence-corrected chi connectivity index (χ2v) is 6.58. The molecule has 0 aliphatic rings. The summed E-state index contributed by atoms with van der Waals surface area (Å²) in [5.41, 5.74) is 2.03. The molecule has 2 rings (SSSR count). The molecule has 2 N–H and O–H groups in total. The molecule has 23 heavy (non-hydrogen) atoms. The third-order valence-electron chi connectivity index (χ3n) is 3.15. The minimum absolute atomic E-state index is 0.109. The van der Waals surface area contributed by atoms with Gasteiger partial charge in [0, 0.05) is 5.56 Å². The highest BCUT2D eigenvalue weighted by Gasteiger charge is 2.15. The molecule has 2 aromatic carbocycles. The molecule has 0 bridgehead atoms. The lowest BCUT2D eigenvalue weighted by Gasteiger charge is -2.08. The van der Waals surface area contributed by atoms with Gasteiger partial charge in [-0.3, -0.25) is 0 Å². The summed E-state index contributed by atoms with van der Waals surface area (Å²) in [4.78, 5) is 2.29. The number of nitrogens with one attached hydrogen (secondary N) is 1. The Hall–Kier alpha value is -2.67. The van der Waals surface area contributed by atoms with Gasteiger partial charge in [-0.25, -0.2) is 0 Å². The first kappa shape index (κ1) is 16.7. The van der Waals surface area contributed by atoms with Gasteiger partial charge in [0.25, 0.3) is 10.0 Å². The standard InChI is InChI=1S/C16H17N3O3S/c1-12-8-10-15(11-9-12)23(21,22)19-17-16(13(2)18-20)14-6-4-3-5-7-14/h3-11,19-20H,1-2H3/b17-16-,18-13+. The summed E-state index contributed by atoms with van der Waals surface area (Å²) in [6, 6.07) is 15.3. The maximum atomic E-state index is 12.3. The average Bonchev–Trinajstić information content (AvgIpc) is 2.56. The number of aryl methyl sites for hydroxylation is 1. The Balaban J connectivity index is 2.35. The molecule has 0 fully saturated rings. The topological polar surface area (TPSA) is 91.1 Å². The number of sulfonamides is 1. The van der Waals surface area contributed by atoms with Crippen molar-refractivity contribution in [3.8, 4) is 0 Å². The van der Waals surface area contributed by atoms with Crippen molar-refractivity contribution < 1.29 is 13.6 Å². The molecule has 0 aliphatic heterocycles. The molecule has 7 heteroatoms. The van der Waals surface area contributed by atoms with E-state index in [2.05, 4.69) is 15.1 Å². The fourth-order valence-electron chi connectivity index (χ4n) is 1.87. The third kappa shape index (κ3) is 4.17. The number of hydrogen-bond acceptors (Lipinski definition) is 5. The van der Waals surface area contributed by atoms with Crippen molar-refractivity contribution in [3.63, 3.8) is 0 Å². The first-order chi connectivity index (χ1) is 10.9. The van der Waals surface area contributed by atoms with Crippen LogP contribution in [0.2, 0.25) is 0 Å². The zero-order chi connectivity index (χ0) is 16.9. The van der Waals surface area contributed by atoms with Crippen molar-refractivity contribution in [1.29, 1.82) is 0 Å². The van der Waals surface area contributed by atoms with Crippen LogP contribution in [0.3, 0.4) is 0 Å². The van der Waals surface area contributed by atoms with Crippen LogP contribution in [0.1, 0.15) is 18.1 Å². The van der Waals surface area contributed by atoms with Gasteiger partial charge in [0.2, 0.25) is 0 Å². The summed E-state index contributed by atoms with van der Waals surface area (Å²) in [7, 11) is -3.80. The Morgan fingerprint density at radius 1 is 1.04 bits per heavy atom. The van der Waals surface area contributed by atoms with Crippen LogP contribution in [-0.2, 0) is 10.0 Å². The molecule has 0 spiro atoms. The minimum Gasteiger partial charge on any atom is -0.411 e. The summed E-state index contributed by atoms with van der Waals surface area (Å²) in [5, 5.41) is 16.0. The Bertz CT molecular complexity index is 827. The Kier molecular flexibility index (Phi) is 5.13. The molecular formula is C16H17N3O3S. The maximum Gasteiger partial charge on any atom is 0.276 e. The number of benzene rings is 2. The van der Waals surface area contributed by atoms with Gasteiger partial charge in [-0.1, -0.05) is 53.2 Å². The van der Waals surface area contributed by atoms with Crippen molar-refractivity contribution in [2.75, 3.05) is 0 Å². The Morgan fingerprint density at radius 3 is 2.22 bits per heavy atom. The molecule has 0 aliphatic carbocycles. The highest BCUT2D eigenvalue weighted by Crippen LogP contribution is 2.10. The molecule has 6 nitrogen and oxygen atoms in total. The van der Waals surface area contributed by atoms with E-state index in [1.807, 2.05) is 13.0 Å². The van der Waals surface area contributed by atoms with Crippen molar-refractivity contribution in [1.82, 2.24) is 4.83 Å². The Morgan fingerprint density at radius 2 is 1.65 bits per heavy atom. The van der Waals surface area contributed by atoms with Crippen molar-refractivity contribution in [2.24, 2.45) is 10.3 Å². The molecule has 0 saturated heterocycles. The zero-order valence-corrected chi connectivity index (χ0v) is 13.6. The van der Waals surface area contributed by atoms with Gasteiger partial charge < -0.3 is 5.21 Å². The molecule has 120 valence electrons. The largest absolute Gasteiger partial charge is 0.411 e. The van der Waals surface area contributed by atoms with E-state index >= 15 is 0 Å². The molecule has 0 aromatic heterocycles. The fourth-order valence-corrected chi connectivity index (χ4v) is 2.68. The van der Waals surface area contributed by atoms with Crippen LogP contribution in [0.4, 0.5) is 0 Å². The fraction of sp³-hybridized carbons (Fsp3) is 0.125. The van der Waals surface area contributed by atoms with Crippen LogP contribution in [0, 0.1) is 6.92 Å². The summed E-state index contributed by atoms with van der Waals surface area (Å²) in [5.74, 6) is 0. The van der Waals surface area contributed by atoms with E-state index in [4.69, 9.17) is 5.21 Å². The lowest BCUT2D eigenvalue weighted by atomic mass is 10.1. The molecule has 0 amide bonds. The van der Waals surface area contributed by atoms with Gasteiger partial charge >= 0.3 is 0 Å². The second kappa shape index (κ2) is 7.06. The lowest BCUT2D eigenvalue weighted by Crippen LogP contribution is -2.23. The average molecular weight is 331 g/mol. The van der Waals surface area contributed by atoms with Gasteiger partial charge in [-0.15, -0.1) is 0 Å². The van der Waals surface area contributed by atoms with E-state index in [0.29, 0.717) is 5.56 Å². The van der Waals surface area contributed by atoms with Crippen molar-refractivity contribution in [3.05, 3.63) is 65.7 Å². The summed E-state index contributed by atoms with van der Waals surface area (Å²) < 4.78 is 24.5. The van der Waals surface area contributed by atoms with E-state index < -0.39 is 10.0 Å². The van der Waals surface area contributed by atoms with E-state index in [-0.39, 0.29) is 16.3 Å². The first-order valence-electron chi connectivity index (χ1n) is 6.84. The molecule has 2 aromatic rings. The van der Waals surface area contributed by atoms with Crippen molar-refractivity contribution in [2.45, 2.75) is 18.7 Å². The number of oxime groups is 1. The quantitative estimate of drug-likeness (QED) is 0.501. The summed E-state index contributed by atoms with van der Waals surface area (Å²) in [6.45, 7) is 3.41. The molecule has 0 atom stereocenters. The molecule has 0 unspecified atom stereocenters. The van der Waals surface area contributed by atoms with Gasteiger partial charge in [-0.05, 0) is 26.0 Å². The molecular weight excluding hydrogens is 314 g/mol. The van der Waals surface area contributed by atoms with Crippen LogP contribution in [0.5, 0.6) is 0 Å². The van der Waals surface area contributed by atoms with Crippen LogP contribution < -0.4 is 4.83 Å².